The monoisotopic (exact) mass is 478 g/mol. The van der Waals surface area contributed by atoms with E-state index in [1.165, 1.54) is 11.1 Å². The van der Waals surface area contributed by atoms with Crippen molar-refractivity contribution in [2.75, 3.05) is 19.7 Å². The molecule has 1 saturated carbocycles. The molecule has 1 aliphatic heterocycles. The number of likely N-dealkylation sites (tertiary alicyclic amines) is 1. The number of carboxylic acid groups (broad SMARTS) is 1. The smallest absolute Gasteiger partial charge is 0.407 e. The third kappa shape index (κ3) is 4.50. The molecule has 2 atom stereocenters. The molecule has 3 N–H and O–H groups in total. The number of amides is 2. The Bertz CT molecular complexity index is 1090. The van der Waals surface area contributed by atoms with Crippen molar-refractivity contribution in [2.45, 2.75) is 49.7 Å². The van der Waals surface area contributed by atoms with E-state index in [1.807, 2.05) is 24.3 Å². The molecule has 2 fully saturated rings. The highest BCUT2D eigenvalue weighted by Gasteiger charge is 2.42. The zero-order valence-electron chi connectivity index (χ0n) is 19.5. The standard InChI is InChI=1S/C27H30N2O6/c30-24(29-13-11-27(34,12-14-29)25(31)32)17-9-10-18(15-17)28-26(33)35-16-23-21-7-3-1-5-19(21)20-6-2-4-8-22(20)23/h1-8,17-18,23,34H,9-16H2,(H,28,33)(H,31,32). The van der Waals surface area contributed by atoms with Crippen LogP contribution in [0.1, 0.15) is 49.1 Å². The molecule has 2 aromatic rings. The van der Waals surface area contributed by atoms with Crippen LogP contribution in [0.2, 0.25) is 0 Å². The van der Waals surface area contributed by atoms with Gasteiger partial charge in [-0.15, -0.1) is 0 Å². The van der Waals surface area contributed by atoms with Crippen molar-refractivity contribution in [2.24, 2.45) is 5.92 Å². The number of ether oxygens (including phenoxy) is 1. The molecular formula is C27H30N2O6. The molecule has 2 amide bonds. The summed E-state index contributed by atoms with van der Waals surface area (Å²) in [4.78, 5) is 38.3. The fraction of sp³-hybridized carbons (Fsp3) is 0.444. The third-order valence-corrected chi connectivity index (χ3v) is 7.75. The second kappa shape index (κ2) is 9.34. The maximum absolute atomic E-state index is 12.9. The molecule has 0 aromatic heterocycles. The van der Waals surface area contributed by atoms with Crippen molar-refractivity contribution in [3.05, 3.63) is 59.7 Å². The van der Waals surface area contributed by atoms with Crippen LogP contribution in [0, 0.1) is 5.92 Å². The summed E-state index contributed by atoms with van der Waals surface area (Å²) in [6.07, 6.45) is 1.46. The summed E-state index contributed by atoms with van der Waals surface area (Å²) in [6.45, 7) is 0.695. The predicted molar refractivity (Wildman–Crippen MR) is 128 cm³/mol. The van der Waals surface area contributed by atoms with E-state index in [1.54, 1.807) is 4.90 Å². The number of carbonyl (C=O) groups excluding carboxylic acids is 2. The van der Waals surface area contributed by atoms with Gasteiger partial charge in [-0.3, -0.25) is 4.79 Å². The Morgan fingerprint density at radius 3 is 2.17 bits per heavy atom. The highest BCUT2D eigenvalue weighted by molar-refractivity contribution is 5.81. The van der Waals surface area contributed by atoms with E-state index in [4.69, 9.17) is 9.84 Å². The highest BCUT2D eigenvalue weighted by Crippen LogP contribution is 2.44. The second-order valence-electron chi connectivity index (χ2n) is 9.84. The average molecular weight is 479 g/mol. The molecule has 0 bridgehead atoms. The fourth-order valence-electron chi connectivity index (χ4n) is 5.71. The minimum atomic E-state index is -1.75. The topological polar surface area (TPSA) is 116 Å². The zero-order valence-corrected chi connectivity index (χ0v) is 19.5. The number of fused-ring (bicyclic) bond motifs is 3. The first-order valence-electron chi connectivity index (χ1n) is 12.2. The molecule has 2 aromatic carbocycles. The summed E-state index contributed by atoms with van der Waals surface area (Å²) >= 11 is 0. The Morgan fingerprint density at radius 2 is 1.57 bits per heavy atom. The Kier molecular flexibility index (Phi) is 6.23. The van der Waals surface area contributed by atoms with E-state index in [0.717, 1.165) is 11.1 Å². The number of nitrogens with zero attached hydrogens (tertiary/aromatic N) is 1. The van der Waals surface area contributed by atoms with E-state index in [2.05, 4.69) is 29.6 Å². The lowest BCUT2D eigenvalue weighted by Gasteiger charge is -2.36. The van der Waals surface area contributed by atoms with Crippen molar-refractivity contribution in [3.8, 4) is 11.1 Å². The minimum absolute atomic E-state index is 0.00500. The van der Waals surface area contributed by atoms with E-state index in [-0.39, 0.29) is 56.3 Å². The number of rotatable bonds is 5. The number of alkyl carbamates (subject to hydrolysis) is 1. The normalized spacial score (nSPS) is 22.8. The van der Waals surface area contributed by atoms with E-state index in [0.29, 0.717) is 19.3 Å². The van der Waals surface area contributed by atoms with Crippen LogP contribution in [-0.4, -0.2) is 64.4 Å². The van der Waals surface area contributed by atoms with Crippen LogP contribution in [0.25, 0.3) is 11.1 Å². The first-order chi connectivity index (χ1) is 16.9. The lowest BCUT2D eigenvalue weighted by atomic mass is 9.91. The van der Waals surface area contributed by atoms with Crippen LogP contribution in [0.4, 0.5) is 4.79 Å². The van der Waals surface area contributed by atoms with Crippen LogP contribution in [-0.2, 0) is 14.3 Å². The van der Waals surface area contributed by atoms with Crippen molar-refractivity contribution in [3.63, 3.8) is 0 Å². The van der Waals surface area contributed by atoms with E-state index in [9.17, 15) is 19.5 Å². The molecule has 0 radical (unpaired) electrons. The molecule has 1 heterocycles. The maximum atomic E-state index is 12.9. The predicted octanol–water partition coefficient (Wildman–Crippen LogP) is 3.13. The van der Waals surface area contributed by atoms with Crippen LogP contribution in [0.3, 0.4) is 0 Å². The van der Waals surface area contributed by atoms with Gasteiger partial charge in [-0.05, 0) is 41.5 Å². The molecular weight excluding hydrogens is 448 g/mol. The van der Waals surface area contributed by atoms with Crippen molar-refractivity contribution >= 4 is 18.0 Å². The lowest BCUT2D eigenvalue weighted by molar-refractivity contribution is -0.165. The molecule has 1 saturated heterocycles. The summed E-state index contributed by atoms with van der Waals surface area (Å²) in [6, 6.07) is 16.2. The van der Waals surface area contributed by atoms with Crippen molar-refractivity contribution in [1.82, 2.24) is 10.2 Å². The van der Waals surface area contributed by atoms with Gasteiger partial charge in [0.05, 0.1) is 0 Å². The number of carboxylic acids is 1. The number of benzene rings is 2. The summed E-state index contributed by atoms with van der Waals surface area (Å²) in [5.74, 6) is -1.49. The number of nitrogens with one attached hydrogen (secondary N) is 1. The molecule has 3 aliphatic rings. The lowest BCUT2D eigenvalue weighted by Crippen LogP contribution is -2.51. The Morgan fingerprint density at radius 1 is 0.971 bits per heavy atom. The number of carbonyl (C=O) groups is 3. The van der Waals surface area contributed by atoms with E-state index >= 15 is 0 Å². The first-order valence-corrected chi connectivity index (χ1v) is 12.2. The number of aliphatic carboxylic acids is 1. The van der Waals surface area contributed by atoms with Gasteiger partial charge < -0.3 is 25.2 Å². The van der Waals surface area contributed by atoms with Crippen LogP contribution in [0.5, 0.6) is 0 Å². The minimum Gasteiger partial charge on any atom is -0.479 e. The number of aliphatic hydroxyl groups is 1. The number of hydrogen-bond donors (Lipinski definition) is 3. The van der Waals surface area contributed by atoms with Crippen molar-refractivity contribution < 1.29 is 29.3 Å². The molecule has 184 valence electrons. The van der Waals surface area contributed by atoms with Crippen LogP contribution >= 0.6 is 0 Å². The van der Waals surface area contributed by atoms with Gasteiger partial charge in [0, 0.05) is 43.8 Å². The van der Waals surface area contributed by atoms with Crippen LogP contribution in [0.15, 0.2) is 48.5 Å². The number of piperidine rings is 1. The molecule has 2 unspecified atom stereocenters. The Labute approximate surface area is 203 Å². The van der Waals surface area contributed by atoms with Gasteiger partial charge in [0.15, 0.2) is 5.60 Å². The SMILES string of the molecule is O=C(NC1CCC(C(=O)N2CCC(O)(C(=O)O)CC2)C1)OCC1c2ccccc2-c2ccccc21. The zero-order chi connectivity index (χ0) is 24.6. The van der Waals surface area contributed by atoms with E-state index < -0.39 is 17.7 Å². The van der Waals surface area contributed by atoms with Gasteiger partial charge in [-0.1, -0.05) is 48.5 Å². The molecule has 5 rings (SSSR count). The van der Waals surface area contributed by atoms with Crippen molar-refractivity contribution in [1.29, 1.82) is 0 Å². The Balaban J connectivity index is 1.12. The molecule has 8 nitrogen and oxygen atoms in total. The maximum Gasteiger partial charge on any atom is 0.407 e. The summed E-state index contributed by atoms with van der Waals surface area (Å²) < 4.78 is 5.63. The van der Waals surface area contributed by atoms with Gasteiger partial charge in [0.1, 0.15) is 6.61 Å². The molecule has 0 spiro atoms. The largest absolute Gasteiger partial charge is 0.479 e. The summed E-state index contributed by atoms with van der Waals surface area (Å²) in [7, 11) is 0. The highest BCUT2D eigenvalue weighted by atomic mass is 16.5. The van der Waals surface area contributed by atoms with Gasteiger partial charge in [0.2, 0.25) is 5.91 Å². The second-order valence-corrected chi connectivity index (χ2v) is 9.84. The molecule has 2 aliphatic carbocycles. The van der Waals surface area contributed by atoms with Gasteiger partial charge in [0.25, 0.3) is 0 Å². The van der Waals surface area contributed by atoms with Gasteiger partial charge >= 0.3 is 12.1 Å². The quantitative estimate of drug-likeness (QED) is 0.608. The summed E-state index contributed by atoms with van der Waals surface area (Å²) in [5.41, 5.74) is 2.91. The Hall–Kier alpha value is -3.39. The molecule has 35 heavy (non-hydrogen) atoms. The molecule has 8 heteroatoms. The average Bonchev–Trinajstić information content (AvgIpc) is 3.45. The van der Waals surface area contributed by atoms with Gasteiger partial charge in [-0.2, -0.15) is 0 Å². The third-order valence-electron chi connectivity index (χ3n) is 7.75. The number of hydrogen-bond acceptors (Lipinski definition) is 5. The first kappa shape index (κ1) is 23.4. The summed E-state index contributed by atoms with van der Waals surface area (Å²) in [5, 5.41) is 22.2. The fourth-order valence-corrected chi connectivity index (χ4v) is 5.71. The van der Waals surface area contributed by atoms with Gasteiger partial charge in [-0.25, -0.2) is 9.59 Å². The van der Waals surface area contributed by atoms with Crippen LogP contribution < -0.4 is 5.32 Å².